The van der Waals surface area contributed by atoms with Crippen molar-refractivity contribution >= 4 is 32.2 Å². The molecule has 1 fully saturated rings. The second kappa shape index (κ2) is 12.5. The number of benzene rings is 1. The molecule has 0 saturated carbocycles. The van der Waals surface area contributed by atoms with Gasteiger partial charge in [-0.2, -0.15) is 0 Å². The summed E-state index contributed by atoms with van der Waals surface area (Å²) in [6.07, 6.45) is 3.27. The summed E-state index contributed by atoms with van der Waals surface area (Å²) in [5.74, 6) is 0.00904. The first kappa shape index (κ1) is 26.5. The standard InChI is InChI=1S/C19H22N5O4P.2C2H6/c1-2-26-16-9-21-13(8-22-16)17(25)23-11-3-4-14(29)12(7-11)19-5-6-27-15(19)10-28-18(20)24-19;2*1-2/h3-4,7-9,15H,2,5-6,10,29H2,1H3,(H2,20,24)(H,23,25);2*1-2H3/t15-,19+;;/m1../s1. The highest BCUT2D eigenvalue weighted by Crippen LogP contribution is 2.42. The van der Waals surface area contributed by atoms with Gasteiger partial charge in [-0.05, 0) is 29.9 Å². The Morgan fingerprint density at radius 2 is 2.03 bits per heavy atom. The van der Waals surface area contributed by atoms with E-state index in [1.165, 1.54) is 12.4 Å². The van der Waals surface area contributed by atoms with Crippen LogP contribution < -0.4 is 21.1 Å². The summed E-state index contributed by atoms with van der Waals surface area (Å²) in [6.45, 7) is 11.2. The molecule has 2 aliphatic heterocycles. The maximum atomic E-state index is 12.6. The van der Waals surface area contributed by atoms with E-state index in [9.17, 15) is 4.79 Å². The van der Waals surface area contributed by atoms with Gasteiger partial charge in [0.1, 0.15) is 23.9 Å². The second-order valence-corrected chi connectivity index (χ2v) is 7.35. The van der Waals surface area contributed by atoms with Crippen molar-refractivity contribution in [2.75, 3.05) is 25.1 Å². The molecule has 1 unspecified atom stereocenters. The maximum absolute atomic E-state index is 12.6. The van der Waals surface area contributed by atoms with Crippen molar-refractivity contribution < 1.29 is 19.0 Å². The summed E-state index contributed by atoms with van der Waals surface area (Å²) in [7, 11) is 2.71. The molecule has 2 aliphatic rings. The summed E-state index contributed by atoms with van der Waals surface area (Å²) in [6, 6.07) is 5.77. The highest BCUT2D eigenvalue weighted by Gasteiger charge is 2.49. The Bertz CT molecular complexity index is 954. The second-order valence-electron chi connectivity index (χ2n) is 6.72. The van der Waals surface area contributed by atoms with Crippen LogP contribution >= 0.6 is 9.24 Å². The molecule has 10 heteroatoms. The maximum Gasteiger partial charge on any atom is 0.282 e. The van der Waals surface area contributed by atoms with E-state index in [2.05, 4.69) is 29.5 Å². The van der Waals surface area contributed by atoms with Gasteiger partial charge < -0.3 is 25.3 Å². The first-order valence-electron chi connectivity index (χ1n) is 11.3. The Balaban J connectivity index is 0.000000914. The summed E-state index contributed by atoms with van der Waals surface area (Å²) in [5.41, 5.74) is 6.97. The molecular formula is C23H34N5O4P. The van der Waals surface area contributed by atoms with Crippen LogP contribution in [0, 0.1) is 0 Å². The number of nitrogens with zero attached hydrogens (tertiary/aromatic N) is 3. The van der Waals surface area contributed by atoms with Crippen LogP contribution in [-0.2, 0) is 15.0 Å². The highest BCUT2D eigenvalue weighted by atomic mass is 31.0. The zero-order valence-electron chi connectivity index (χ0n) is 19.9. The van der Waals surface area contributed by atoms with Gasteiger partial charge in [-0.15, -0.1) is 9.24 Å². The van der Waals surface area contributed by atoms with Crippen molar-refractivity contribution in [2.24, 2.45) is 10.7 Å². The lowest BCUT2D eigenvalue weighted by molar-refractivity contribution is 0.0219. The average Bonchev–Trinajstić information content (AvgIpc) is 3.27. The fraction of sp³-hybridized carbons (Fsp3) is 0.478. The van der Waals surface area contributed by atoms with Gasteiger partial charge in [0.25, 0.3) is 11.9 Å². The average molecular weight is 476 g/mol. The zero-order valence-corrected chi connectivity index (χ0v) is 21.1. The summed E-state index contributed by atoms with van der Waals surface area (Å²) < 4.78 is 16.4. The topological polar surface area (TPSA) is 121 Å². The minimum Gasteiger partial charge on any atom is -0.477 e. The predicted octanol–water partition coefficient (Wildman–Crippen LogP) is 3.01. The lowest BCUT2D eigenvalue weighted by Crippen LogP contribution is -2.46. The third kappa shape index (κ3) is 5.97. The van der Waals surface area contributed by atoms with Crippen molar-refractivity contribution in [3.05, 3.63) is 41.9 Å². The van der Waals surface area contributed by atoms with Gasteiger partial charge in [-0.3, -0.25) is 4.79 Å². The number of ether oxygens (including phenoxy) is 3. The normalized spacial score (nSPS) is 20.5. The van der Waals surface area contributed by atoms with E-state index in [4.69, 9.17) is 19.9 Å². The Morgan fingerprint density at radius 1 is 1.27 bits per heavy atom. The van der Waals surface area contributed by atoms with Crippen molar-refractivity contribution in [2.45, 2.75) is 52.7 Å². The van der Waals surface area contributed by atoms with Crippen LogP contribution in [0.25, 0.3) is 0 Å². The Kier molecular flexibility index (Phi) is 10.0. The highest BCUT2D eigenvalue weighted by molar-refractivity contribution is 7.27. The molecule has 180 valence electrons. The molecular weight excluding hydrogens is 441 g/mol. The van der Waals surface area contributed by atoms with E-state index in [-0.39, 0.29) is 23.7 Å². The molecule has 1 aromatic heterocycles. The molecule has 1 aromatic carbocycles. The lowest BCUT2D eigenvalue weighted by atomic mass is 9.83. The minimum absolute atomic E-state index is 0.148. The smallest absolute Gasteiger partial charge is 0.282 e. The van der Waals surface area contributed by atoms with Gasteiger partial charge in [0.2, 0.25) is 5.88 Å². The summed E-state index contributed by atoms with van der Waals surface area (Å²) >= 11 is 0. The quantitative estimate of drug-likeness (QED) is 0.638. The number of amidine groups is 1. The Labute approximate surface area is 197 Å². The van der Waals surface area contributed by atoms with Gasteiger partial charge in [0.05, 0.1) is 25.6 Å². The number of aromatic nitrogens is 2. The van der Waals surface area contributed by atoms with Crippen LogP contribution in [-0.4, -0.2) is 47.8 Å². The van der Waals surface area contributed by atoms with Gasteiger partial charge in [-0.1, -0.05) is 33.8 Å². The van der Waals surface area contributed by atoms with E-state index in [1.807, 2.05) is 52.8 Å². The number of hydrogen-bond acceptors (Lipinski definition) is 8. The zero-order chi connectivity index (χ0) is 24.4. The molecule has 0 radical (unpaired) electrons. The number of carbonyl (C=O) groups excluding carboxylic acids is 1. The number of anilines is 1. The van der Waals surface area contributed by atoms with Crippen LogP contribution in [0.15, 0.2) is 35.6 Å². The molecule has 3 atom stereocenters. The van der Waals surface area contributed by atoms with Gasteiger partial charge in [0.15, 0.2) is 0 Å². The van der Waals surface area contributed by atoms with Crippen molar-refractivity contribution in [1.82, 2.24) is 9.97 Å². The molecule has 3 heterocycles. The van der Waals surface area contributed by atoms with Crippen molar-refractivity contribution in [3.8, 4) is 5.88 Å². The van der Waals surface area contributed by atoms with E-state index >= 15 is 0 Å². The molecule has 0 bridgehead atoms. The number of hydrogen-bond donors (Lipinski definition) is 2. The molecule has 9 nitrogen and oxygen atoms in total. The first-order chi connectivity index (χ1) is 16.0. The van der Waals surface area contributed by atoms with E-state index in [0.717, 1.165) is 10.9 Å². The molecule has 1 amide bonds. The molecule has 3 N–H and O–H groups in total. The number of nitrogens with two attached hydrogens (primary N) is 1. The van der Waals surface area contributed by atoms with E-state index < -0.39 is 5.54 Å². The van der Waals surface area contributed by atoms with Crippen LogP contribution in [0.2, 0.25) is 0 Å². The van der Waals surface area contributed by atoms with Crippen LogP contribution in [0.1, 0.15) is 57.1 Å². The molecule has 4 rings (SSSR count). The predicted molar refractivity (Wildman–Crippen MR) is 133 cm³/mol. The third-order valence-electron chi connectivity index (χ3n) is 4.96. The van der Waals surface area contributed by atoms with Gasteiger partial charge >= 0.3 is 0 Å². The minimum atomic E-state index is -0.626. The fourth-order valence-electron chi connectivity index (χ4n) is 3.59. The molecule has 2 aromatic rings. The Morgan fingerprint density at radius 3 is 2.70 bits per heavy atom. The number of carbonyl (C=O) groups is 1. The monoisotopic (exact) mass is 475 g/mol. The van der Waals surface area contributed by atoms with Crippen molar-refractivity contribution in [1.29, 1.82) is 0 Å². The summed E-state index contributed by atoms with van der Waals surface area (Å²) in [4.78, 5) is 25.4. The first-order valence-corrected chi connectivity index (χ1v) is 11.9. The Hall–Kier alpha value is -2.77. The molecule has 0 aliphatic carbocycles. The lowest BCUT2D eigenvalue weighted by Gasteiger charge is -2.35. The van der Waals surface area contributed by atoms with E-state index in [1.54, 1.807) is 0 Å². The molecule has 0 spiro atoms. The molecule has 1 saturated heterocycles. The SMILES string of the molecule is CC.CC.CCOc1cnc(C(=O)Nc2ccc(P)c([C@@]34CCO[C@@H]3COC(N)=N4)c2)cn1. The third-order valence-corrected chi connectivity index (χ3v) is 5.46. The van der Waals surface area contributed by atoms with Crippen molar-refractivity contribution in [3.63, 3.8) is 0 Å². The molecule has 33 heavy (non-hydrogen) atoms. The number of rotatable bonds is 5. The van der Waals surface area contributed by atoms with Crippen LogP contribution in [0.5, 0.6) is 5.88 Å². The van der Waals surface area contributed by atoms with Crippen LogP contribution in [0.3, 0.4) is 0 Å². The number of aliphatic imine (C=N–C) groups is 1. The van der Waals surface area contributed by atoms with E-state index in [0.29, 0.717) is 37.8 Å². The summed E-state index contributed by atoms with van der Waals surface area (Å²) in [5, 5.41) is 3.82. The number of fused-ring (bicyclic) bond motifs is 1. The number of nitrogens with one attached hydrogen (secondary N) is 1. The number of amides is 1. The van der Waals surface area contributed by atoms with Gasteiger partial charge in [-0.25, -0.2) is 15.0 Å². The fourth-order valence-corrected chi connectivity index (χ4v) is 4.02. The van der Waals surface area contributed by atoms with Gasteiger partial charge in [0, 0.05) is 12.1 Å². The van der Waals surface area contributed by atoms with Crippen LogP contribution in [0.4, 0.5) is 5.69 Å². The largest absolute Gasteiger partial charge is 0.477 e.